The summed E-state index contributed by atoms with van der Waals surface area (Å²) in [4.78, 5) is 18.2. The number of carbonyl (C=O) groups excluding carboxylic acids is 1. The molecule has 0 saturated carbocycles. The van der Waals surface area contributed by atoms with Gasteiger partial charge in [0.15, 0.2) is 0 Å². The molecule has 3 rings (SSSR count). The summed E-state index contributed by atoms with van der Waals surface area (Å²) in [5, 5.41) is 8.00. The molecule has 1 amide bonds. The van der Waals surface area contributed by atoms with Crippen LogP contribution in [0.15, 0.2) is 59.8 Å². The third-order valence-corrected chi connectivity index (χ3v) is 5.57. The molecule has 3 aromatic rings. The van der Waals surface area contributed by atoms with Crippen LogP contribution in [0.5, 0.6) is 11.6 Å². The zero-order valence-corrected chi connectivity index (χ0v) is 17.2. The van der Waals surface area contributed by atoms with Crippen molar-refractivity contribution >= 4 is 33.2 Å². The Balaban J connectivity index is 1.77. The monoisotopic (exact) mass is 488 g/mol. The van der Waals surface area contributed by atoms with Gasteiger partial charge in [-0.15, -0.1) is 0 Å². The number of hydroxylamine groups is 1. The van der Waals surface area contributed by atoms with E-state index in [-0.39, 0.29) is 23.0 Å². The molecule has 0 radical (unpaired) electrons. The maximum absolute atomic E-state index is 13.0. The van der Waals surface area contributed by atoms with Crippen molar-refractivity contribution in [3.8, 4) is 11.6 Å². The molecule has 0 aliphatic rings. The molecular formula is C18H12ClF3N4O5S. The van der Waals surface area contributed by atoms with E-state index >= 15 is 0 Å². The van der Waals surface area contributed by atoms with E-state index in [4.69, 9.17) is 21.5 Å². The molecule has 2 aromatic carbocycles. The second-order valence-corrected chi connectivity index (χ2v) is 8.14. The van der Waals surface area contributed by atoms with E-state index in [0.29, 0.717) is 6.07 Å². The van der Waals surface area contributed by atoms with Crippen LogP contribution in [0.4, 0.5) is 18.9 Å². The molecule has 0 unspecified atom stereocenters. The highest BCUT2D eigenvalue weighted by Gasteiger charge is 2.34. The Hall–Kier alpha value is -3.42. The van der Waals surface area contributed by atoms with E-state index in [9.17, 15) is 26.4 Å². The second-order valence-electron chi connectivity index (χ2n) is 6.05. The summed E-state index contributed by atoms with van der Waals surface area (Å²) in [7, 11) is -4.34. The molecule has 3 N–H and O–H groups in total. The highest BCUT2D eigenvalue weighted by atomic mass is 35.5. The number of hydrogen-bond donors (Lipinski definition) is 3. The quantitative estimate of drug-likeness (QED) is 0.354. The number of benzene rings is 2. The van der Waals surface area contributed by atoms with E-state index in [2.05, 4.69) is 14.7 Å². The van der Waals surface area contributed by atoms with Crippen LogP contribution in [-0.2, 0) is 16.2 Å². The zero-order valence-electron chi connectivity index (χ0n) is 15.6. The topological polar surface area (TPSA) is 131 Å². The normalized spacial score (nSPS) is 11.7. The first-order valence-corrected chi connectivity index (χ1v) is 10.3. The number of aromatic nitrogens is 2. The highest BCUT2D eigenvalue weighted by Crippen LogP contribution is 2.36. The maximum Gasteiger partial charge on any atom is 0.417 e. The number of hydrogen-bond acceptors (Lipinski definition) is 7. The Labute approximate surface area is 183 Å². The van der Waals surface area contributed by atoms with Crippen LogP contribution in [0, 0.1) is 0 Å². The van der Waals surface area contributed by atoms with Crippen LogP contribution >= 0.6 is 11.6 Å². The lowest BCUT2D eigenvalue weighted by Gasteiger charge is -2.13. The van der Waals surface area contributed by atoms with Crippen molar-refractivity contribution < 1.29 is 36.3 Å². The van der Waals surface area contributed by atoms with Crippen molar-refractivity contribution in [3.63, 3.8) is 0 Å². The minimum absolute atomic E-state index is 0.0345. The molecule has 1 heterocycles. The summed E-state index contributed by atoms with van der Waals surface area (Å²) in [6.07, 6.45) is -3.79. The van der Waals surface area contributed by atoms with Crippen LogP contribution in [0.3, 0.4) is 0 Å². The standard InChI is InChI=1S/C18H12ClF3N4O5S/c19-14-6-5-12(7-13(14)18(20,21)22)32(29,30)26-10-1-3-11(4-2-10)31-16-8-15(17(27)25-28)23-9-24-16/h1-9,26,28H,(H,25,27). The summed E-state index contributed by atoms with van der Waals surface area (Å²) in [5.74, 6) is -0.710. The molecule has 0 fully saturated rings. The van der Waals surface area contributed by atoms with Crippen molar-refractivity contribution in [2.45, 2.75) is 11.1 Å². The summed E-state index contributed by atoms with van der Waals surface area (Å²) >= 11 is 5.52. The van der Waals surface area contributed by atoms with Crippen molar-refractivity contribution in [2.75, 3.05) is 4.72 Å². The second kappa shape index (κ2) is 8.98. The molecule has 0 spiro atoms. The van der Waals surface area contributed by atoms with Crippen LogP contribution in [0.2, 0.25) is 5.02 Å². The van der Waals surface area contributed by atoms with Gasteiger partial charge in [0.1, 0.15) is 17.8 Å². The van der Waals surface area contributed by atoms with Gasteiger partial charge >= 0.3 is 6.18 Å². The molecule has 0 saturated heterocycles. The largest absolute Gasteiger partial charge is 0.439 e. The Bertz CT molecular complexity index is 1250. The van der Waals surface area contributed by atoms with Gasteiger partial charge in [0.05, 0.1) is 15.5 Å². The van der Waals surface area contributed by atoms with E-state index < -0.39 is 37.6 Å². The molecule has 0 bridgehead atoms. The molecule has 9 nitrogen and oxygen atoms in total. The van der Waals surface area contributed by atoms with Crippen LogP contribution in [-0.4, -0.2) is 29.5 Å². The number of alkyl halides is 3. The van der Waals surface area contributed by atoms with Gasteiger partial charge in [0.25, 0.3) is 15.9 Å². The Morgan fingerprint density at radius 1 is 1.06 bits per heavy atom. The van der Waals surface area contributed by atoms with Gasteiger partial charge in [-0.2, -0.15) is 13.2 Å². The fraction of sp³-hybridized carbons (Fsp3) is 0.0556. The number of sulfonamides is 1. The lowest BCUT2D eigenvalue weighted by atomic mass is 10.2. The van der Waals surface area contributed by atoms with Gasteiger partial charge < -0.3 is 4.74 Å². The summed E-state index contributed by atoms with van der Waals surface area (Å²) in [6.45, 7) is 0. The number of halogens is 4. The van der Waals surface area contributed by atoms with Gasteiger partial charge in [0, 0.05) is 11.8 Å². The molecule has 0 aliphatic heterocycles. The SMILES string of the molecule is O=C(NO)c1cc(Oc2ccc(NS(=O)(=O)c3ccc(Cl)c(C(F)(F)F)c3)cc2)ncn1. The lowest BCUT2D eigenvalue weighted by molar-refractivity contribution is -0.137. The maximum atomic E-state index is 13.0. The minimum atomic E-state index is -4.82. The number of nitrogens with zero attached hydrogens (tertiary/aromatic N) is 2. The zero-order chi connectivity index (χ0) is 23.5. The first kappa shape index (κ1) is 23.2. The van der Waals surface area contributed by atoms with Crippen LogP contribution in [0.25, 0.3) is 0 Å². The van der Waals surface area contributed by atoms with Gasteiger partial charge in [-0.1, -0.05) is 11.6 Å². The molecular weight excluding hydrogens is 477 g/mol. The fourth-order valence-electron chi connectivity index (χ4n) is 2.39. The number of carbonyl (C=O) groups is 1. The molecule has 0 aliphatic carbocycles. The van der Waals surface area contributed by atoms with E-state index in [1.807, 2.05) is 0 Å². The van der Waals surface area contributed by atoms with Crippen molar-refractivity contribution in [2.24, 2.45) is 0 Å². The summed E-state index contributed by atoms with van der Waals surface area (Å²) < 4.78 is 71.5. The van der Waals surface area contributed by atoms with E-state index in [1.54, 1.807) is 0 Å². The van der Waals surface area contributed by atoms with Gasteiger partial charge in [0.2, 0.25) is 5.88 Å². The minimum Gasteiger partial charge on any atom is -0.439 e. The van der Waals surface area contributed by atoms with Gasteiger partial charge in [-0.25, -0.2) is 23.9 Å². The lowest BCUT2D eigenvalue weighted by Crippen LogP contribution is -2.20. The number of amides is 1. The highest BCUT2D eigenvalue weighted by molar-refractivity contribution is 7.92. The molecule has 32 heavy (non-hydrogen) atoms. The van der Waals surface area contributed by atoms with E-state index in [0.717, 1.165) is 24.5 Å². The number of ether oxygens (including phenoxy) is 1. The van der Waals surface area contributed by atoms with Gasteiger partial charge in [-0.3, -0.25) is 14.7 Å². The smallest absolute Gasteiger partial charge is 0.417 e. The van der Waals surface area contributed by atoms with Crippen LogP contribution < -0.4 is 14.9 Å². The average molecular weight is 489 g/mol. The predicted molar refractivity (Wildman–Crippen MR) is 105 cm³/mol. The van der Waals surface area contributed by atoms with E-state index in [1.165, 1.54) is 29.7 Å². The average Bonchev–Trinajstić information content (AvgIpc) is 2.74. The fourth-order valence-corrected chi connectivity index (χ4v) is 3.70. The Morgan fingerprint density at radius 3 is 2.38 bits per heavy atom. The number of rotatable bonds is 6. The predicted octanol–water partition coefficient (Wildman–Crippen LogP) is 3.86. The molecule has 1 aromatic heterocycles. The van der Waals surface area contributed by atoms with Crippen molar-refractivity contribution in [1.29, 1.82) is 0 Å². The summed E-state index contributed by atoms with van der Waals surface area (Å²) in [6, 6.07) is 8.71. The molecule has 14 heteroatoms. The third kappa shape index (κ3) is 5.43. The Morgan fingerprint density at radius 2 is 1.75 bits per heavy atom. The number of anilines is 1. The summed E-state index contributed by atoms with van der Waals surface area (Å²) in [5.41, 5.74) is 0.0183. The van der Waals surface area contributed by atoms with Gasteiger partial charge in [-0.05, 0) is 42.5 Å². The Kier molecular flexibility index (Phi) is 6.52. The van der Waals surface area contributed by atoms with Crippen LogP contribution in [0.1, 0.15) is 16.1 Å². The molecule has 168 valence electrons. The first-order valence-electron chi connectivity index (χ1n) is 8.43. The van der Waals surface area contributed by atoms with Crippen molar-refractivity contribution in [3.05, 3.63) is 71.1 Å². The first-order chi connectivity index (χ1) is 15.0. The van der Waals surface area contributed by atoms with Crippen molar-refractivity contribution in [1.82, 2.24) is 15.4 Å². The number of nitrogens with one attached hydrogen (secondary N) is 2. The third-order valence-electron chi connectivity index (χ3n) is 3.86. The molecule has 0 atom stereocenters.